The van der Waals surface area contributed by atoms with Crippen LogP contribution in [0.5, 0.6) is 0 Å². The largest absolute Gasteiger partial charge is 0.844 e. The molecular weight excluding hydrogens is 484 g/mol. The molecule has 0 N–H and O–H groups in total. The molecule has 2 bridgehead atoms. The Balaban J connectivity index is 0.00000241. The zero-order valence-corrected chi connectivity index (χ0v) is 21.1. The summed E-state index contributed by atoms with van der Waals surface area (Å²) in [7, 11) is 0. The molecule has 34 heavy (non-hydrogen) atoms. The molecule has 0 amide bonds. The number of halogens is 1. The van der Waals surface area contributed by atoms with E-state index in [1.165, 1.54) is 22.8 Å². The van der Waals surface area contributed by atoms with Gasteiger partial charge in [0.2, 0.25) is 0 Å². The van der Waals surface area contributed by atoms with Gasteiger partial charge in [0.1, 0.15) is 6.54 Å². The molecule has 4 heteroatoms. The Morgan fingerprint density at radius 1 is 1.03 bits per heavy atom. The fourth-order valence-electron chi connectivity index (χ4n) is 6.64. The predicted octanol–water partition coefficient (Wildman–Crippen LogP) is 5.98. The number of fused-ring (bicyclic) bond motifs is 5. The second-order valence-corrected chi connectivity index (χ2v) is 10.1. The molecule has 5 atom stereocenters. The van der Waals surface area contributed by atoms with Crippen LogP contribution in [0.3, 0.4) is 0 Å². The van der Waals surface area contributed by atoms with Gasteiger partial charge in [0.25, 0.3) is 0 Å². The van der Waals surface area contributed by atoms with E-state index in [0.29, 0.717) is 11.8 Å². The average Bonchev–Trinajstić information content (AvgIpc) is 2.87. The lowest BCUT2D eigenvalue weighted by Crippen LogP contribution is -2.68. The highest BCUT2D eigenvalue weighted by Crippen LogP contribution is 2.47. The highest BCUT2D eigenvalue weighted by Gasteiger charge is 2.51. The minimum Gasteiger partial charge on any atom is -0.844 e. The summed E-state index contributed by atoms with van der Waals surface area (Å²) in [5.41, 5.74) is 3.15. The van der Waals surface area contributed by atoms with Gasteiger partial charge in [0, 0.05) is 35.9 Å². The fourth-order valence-corrected chi connectivity index (χ4v) is 6.64. The molecule has 3 nitrogen and oxygen atoms in total. The molecule has 3 aliphatic heterocycles. The predicted molar refractivity (Wildman–Crippen MR) is 143 cm³/mol. The van der Waals surface area contributed by atoms with Gasteiger partial charge in [0.15, 0.2) is 0 Å². The molecule has 0 saturated carbocycles. The Morgan fingerprint density at radius 3 is 2.68 bits per heavy atom. The van der Waals surface area contributed by atoms with Gasteiger partial charge in [0.05, 0.1) is 24.6 Å². The molecule has 4 aromatic rings. The molecule has 0 spiro atoms. The van der Waals surface area contributed by atoms with Crippen LogP contribution in [0.15, 0.2) is 91.6 Å². The lowest BCUT2D eigenvalue weighted by molar-refractivity contribution is -0.990. The Labute approximate surface area is 212 Å². The van der Waals surface area contributed by atoms with Crippen molar-refractivity contribution in [1.82, 2.24) is 4.98 Å². The lowest BCUT2D eigenvalue weighted by Gasteiger charge is -2.60. The minimum atomic E-state index is -0.757. The van der Waals surface area contributed by atoms with Gasteiger partial charge >= 0.3 is 0 Å². The number of quaternary nitrogens is 1. The normalized spacial score (nSPS) is 26.8. The van der Waals surface area contributed by atoms with Gasteiger partial charge in [-0.1, -0.05) is 60.7 Å². The van der Waals surface area contributed by atoms with E-state index in [1.54, 1.807) is 6.20 Å². The van der Waals surface area contributed by atoms with Crippen LogP contribution in [-0.4, -0.2) is 28.6 Å². The number of rotatable bonds is 5. The van der Waals surface area contributed by atoms with E-state index in [9.17, 15) is 5.11 Å². The van der Waals surface area contributed by atoms with Crippen molar-refractivity contribution in [2.75, 3.05) is 13.1 Å². The van der Waals surface area contributed by atoms with E-state index in [0.717, 1.165) is 47.0 Å². The summed E-state index contributed by atoms with van der Waals surface area (Å²) in [6.45, 7) is 7.16. The van der Waals surface area contributed by atoms with Gasteiger partial charge in [-0.2, -0.15) is 0 Å². The number of nitrogens with zero attached hydrogens (tertiary/aromatic N) is 2. The number of hydrogen-bond acceptors (Lipinski definition) is 2. The van der Waals surface area contributed by atoms with Gasteiger partial charge in [-0.05, 0) is 46.6 Å². The second kappa shape index (κ2) is 9.26. The summed E-state index contributed by atoms with van der Waals surface area (Å²) in [6, 6.07) is 25.4. The molecule has 3 aliphatic rings. The second-order valence-electron chi connectivity index (χ2n) is 10.1. The highest BCUT2D eigenvalue weighted by molar-refractivity contribution is 8.93. The van der Waals surface area contributed by atoms with Crippen molar-refractivity contribution in [2.24, 2.45) is 11.8 Å². The van der Waals surface area contributed by atoms with Gasteiger partial charge in [-0.25, -0.2) is 0 Å². The van der Waals surface area contributed by atoms with Crippen LogP contribution in [0.1, 0.15) is 30.1 Å². The van der Waals surface area contributed by atoms with Crippen molar-refractivity contribution in [3.8, 4) is 0 Å². The number of hydrogen-bond donors (Lipinski definition) is 0. The van der Waals surface area contributed by atoms with Crippen LogP contribution in [0.2, 0.25) is 0 Å². The van der Waals surface area contributed by atoms with E-state index >= 15 is 0 Å². The van der Waals surface area contributed by atoms with Crippen LogP contribution in [-0.2, 0) is 6.54 Å². The summed E-state index contributed by atoms with van der Waals surface area (Å²) in [5, 5.41) is 17.8. The van der Waals surface area contributed by atoms with Crippen molar-refractivity contribution < 1.29 is 9.59 Å². The summed E-state index contributed by atoms with van der Waals surface area (Å²) < 4.78 is 0.871. The van der Waals surface area contributed by atoms with Crippen molar-refractivity contribution >= 4 is 38.7 Å². The molecule has 174 valence electrons. The number of pyridine rings is 1. The Kier molecular flexibility index (Phi) is 6.32. The first-order valence-corrected chi connectivity index (χ1v) is 12.1. The number of benzene rings is 3. The van der Waals surface area contributed by atoms with E-state index < -0.39 is 6.10 Å². The average molecular weight is 515 g/mol. The van der Waals surface area contributed by atoms with Gasteiger partial charge < -0.3 is 9.59 Å². The number of piperidine rings is 3. The Morgan fingerprint density at radius 2 is 1.82 bits per heavy atom. The van der Waals surface area contributed by atoms with E-state index in [1.807, 2.05) is 24.3 Å². The summed E-state index contributed by atoms with van der Waals surface area (Å²) in [4.78, 5) is 4.50. The maximum Gasteiger partial charge on any atom is 0.105 e. The van der Waals surface area contributed by atoms with Crippen LogP contribution in [0, 0.1) is 11.8 Å². The lowest BCUT2D eigenvalue weighted by atomic mass is 9.71. The zero-order valence-electron chi connectivity index (χ0n) is 19.3. The van der Waals surface area contributed by atoms with Crippen LogP contribution in [0.4, 0.5) is 0 Å². The third-order valence-corrected chi connectivity index (χ3v) is 8.33. The number of aromatic nitrogens is 1. The minimum absolute atomic E-state index is 0. The molecule has 4 unspecified atom stereocenters. The maximum absolute atomic E-state index is 14.2. The molecule has 7 rings (SSSR count). The van der Waals surface area contributed by atoms with E-state index in [-0.39, 0.29) is 23.0 Å². The molecule has 0 radical (unpaired) electrons. The quantitative estimate of drug-likeness (QED) is 0.242. The smallest absolute Gasteiger partial charge is 0.105 e. The van der Waals surface area contributed by atoms with E-state index in [2.05, 4.69) is 66.2 Å². The highest BCUT2D eigenvalue weighted by atomic mass is 79.9. The summed E-state index contributed by atoms with van der Waals surface area (Å²) in [6.07, 6.45) is 5.36. The topological polar surface area (TPSA) is 36.0 Å². The van der Waals surface area contributed by atoms with Crippen LogP contribution in [0.25, 0.3) is 21.7 Å². The molecule has 3 aromatic carbocycles. The molecule has 1 aromatic heterocycles. The van der Waals surface area contributed by atoms with Crippen molar-refractivity contribution in [3.05, 3.63) is 103 Å². The molecule has 4 heterocycles. The first-order valence-electron chi connectivity index (χ1n) is 12.1. The molecular formula is C30H31BrN2O. The standard InChI is InChI=1S/C30H30N2O.BrH/c1-2-22-20-32(19-21-11-12-23-7-3-4-8-24(23)17-21)16-14-25(22)18-29(32)30(33)27-13-15-31-28-10-6-5-9-26(27)28;/h2-13,15,17,22,25,29-30H,1,14,16,18-20H2;1H/t22?,25?,29?,30-,32?;/m0./s1. The third kappa shape index (κ3) is 3.88. The molecule has 3 saturated heterocycles. The first kappa shape index (κ1) is 23.2. The fraction of sp³-hybridized carbons (Fsp3) is 0.300. The van der Waals surface area contributed by atoms with E-state index in [4.69, 9.17) is 0 Å². The van der Waals surface area contributed by atoms with Crippen molar-refractivity contribution in [3.63, 3.8) is 0 Å². The first-order chi connectivity index (χ1) is 16.2. The molecule has 0 aliphatic carbocycles. The maximum atomic E-state index is 14.2. The number of para-hydroxylation sites is 1. The Bertz CT molecular complexity index is 1330. The van der Waals surface area contributed by atoms with Crippen LogP contribution >= 0.6 is 17.0 Å². The van der Waals surface area contributed by atoms with Crippen molar-refractivity contribution in [2.45, 2.75) is 31.5 Å². The summed E-state index contributed by atoms with van der Waals surface area (Å²) >= 11 is 0. The van der Waals surface area contributed by atoms with Gasteiger partial charge in [-0.15, -0.1) is 23.6 Å². The third-order valence-electron chi connectivity index (χ3n) is 8.33. The zero-order chi connectivity index (χ0) is 22.4. The SMILES string of the molecule is Br.C=CC1C[N+]2(Cc3ccc4ccccc4c3)CCC1CC2[C@@H]([O-])c1ccnc2ccccc12. The monoisotopic (exact) mass is 514 g/mol. The van der Waals surface area contributed by atoms with Crippen molar-refractivity contribution in [1.29, 1.82) is 0 Å². The summed E-state index contributed by atoms with van der Waals surface area (Å²) in [5.74, 6) is 1.07. The van der Waals surface area contributed by atoms with Gasteiger partial charge in [-0.3, -0.25) is 4.98 Å². The van der Waals surface area contributed by atoms with Crippen LogP contribution < -0.4 is 5.11 Å². The molecule has 3 fully saturated rings. The Hall–Kier alpha value is -2.53.